The molecule has 5 rings (SSSR count). The van der Waals surface area contributed by atoms with Gasteiger partial charge in [0.1, 0.15) is 12.1 Å². The van der Waals surface area contributed by atoms with E-state index in [9.17, 15) is 5.11 Å². The van der Waals surface area contributed by atoms with Crippen molar-refractivity contribution < 1.29 is 5.11 Å². The molecule has 1 N–H and O–H groups in total. The average molecular weight is 448 g/mol. The number of halogens is 1. The standard InChI is InChI=1S/C25H26ClN5O/c1-16(25(2,32)18-7-5-8-18)12-17-6-4-9-20(13-17)30(3)23-21-11-10-19(26)14-22(21)31-15-27-29-24(31)28-23/h4,6,9-15,18,32H,5,7-8H2,1-3H3. The highest BCUT2D eigenvalue weighted by Gasteiger charge is 2.37. The fourth-order valence-corrected chi connectivity index (χ4v) is 4.58. The Hall–Kier alpha value is -2.96. The predicted octanol–water partition coefficient (Wildman–Crippen LogP) is 5.65. The van der Waals surface area contributed by atoms with Crippen molar-refractivity contribution in [1.82, 2.24) is 19.6 Å². The van der Waals surface area contributed by atoms with Crippen molar-refractivity contribution in [2.75, 3.05) is 11.9 Å². The highest BCUT2D eigenvalue weighted by Crippen LogP contribution is 2.40. The van der Waals surface area contributed by atoms with Gasteiger partial charge in [-0.25, -0.2) is 0 Å². The van der Waals surface area contributed by atoms with Gasteiger partial charge in [-0.2, -0.15) is 4.98 Å². The summed E-state index contributed by atoms with van der Waals surface area (Å²) < 4.78 is 1.84. The summed E-state index contributed by atoms with van der Waals surface area (Å²) >= 11 is 6.26. The minimum atomic E-state index is -0.768. The van der Waals surface area contributed by atoms with Crippen molar-refractivity contribution in [3.63, 3.8) is 0 Å². The molecule has 0 bridgehead atoms. The maximum atomic E-state index is 11.0. The van der Waals surface area contributed by atoms with Crippen molar-refractivity contribution in [3.05, 3.63) is 65.0 Å². The summed E-state index contributed by atoms with van der Waals surface area (Å²) in [6.45, 7) is 3.96. The van der Waals surface area contributed by atoms with Crippen LogP contribution in [0.2, 0.25) is 5.02 Å². The van der Waals surface area contributed by atoms with Crippen LogP contribution >= 0.6 is 11.6 Å². The lowest BCUT2D eigenvalue weighted by molar-refractivity contribution is -0.00162. The van der Waals surface area contributed by atoms with E-state index in [4.69, 9.17) is 16.6 Å². The lowest BCUT2D eigenvalue weighted by Crippen LogP contribution is -2.39. The van der Waals surface area contributed by atoms with E-state index in [0.29, 0.717) is 16.7 Å². The summed E-state index contributed by atoms with van der Waals surface area (Å²) in [5.74, 6) is 1.64. The first kappa shape index (κ1) is 20.9. The fourth-order valence-electron chi connectivity index (χ4n) is 4.41. The van der Waals surface area contributed by atoms with E-state index in [1.165, 1.54) is 6.42 Å². The lowest BCUT2D eigenvalue weighted by Gasteiger charge is -2.39. The minimum absolute atomic E-state index is 0.349. The molecule has 2 heterocycles. The molecule has 2 aromatic carbocycles. The Morgan fingerprint density at radius 2 is 2.06 bits per heavy atom. The number of rotatable bonds is 5. The first-order valence-electron chi connectivity index (χ1n) is 10.9. The van der Waals surface area contributed by atoms with Crippen LogP contribution in [-0.4, -0.2) is 37.3 Å². The summed E-state index contributed by atoms with van der Waals surface area (Å²) in [6, 6.07) is 14.0. The highest BCUT2D eigenvalue weighted by molar-refractivity contribution is 6.31. The lowest BCUT2D eigenvalue weighted by atomic mass is 9.70. The topological polar surface area (TPSA) is 66.6 Å². The van der Waals surface area contributed by atoms with Crippen LogP contribution in [0, 0.1) is 5.92 Å². The number of hydrogen-bond acceptors (Lipinski definition) is 5. The second-order valence-electron chi connectivity index (χ2n) is 8.85. The van der Waals surface area contributed by atoms with E-state index < -0.39 is 5.60 Å². The minimum Gasteiger partial charge on any atom is -0.386 e. The van der Waals surface area contributed by atoms with Crippen LogP contribution in [0.4, 0.5) is 11.5 Å². The van der Waals surface area contributed by atoms with Gasteiger partial charge >= 0.3 is 0 Å². The molecule has 0 aliphatic heterocycles. The monoisotopic (exact) mass is 447 g/mol. The molecule has 0 amide bonds. The number of hydrogen-bond donors (Lipinski definition) is 1. The van der Waals surface area contributed by atoms with Crippen LogP contribution in [0.15, 0.2) is 54.4 Å². The third kappa shape index (κ3) is 3.53. The fraction of sp³-hybridized carbons (Fsp3) is 0.320. The van der Waals surface area contributed by atoms with Gasteiger partial charge in [0.2, 0.25) is 0 Å². The Morgan fingerprint density at radius 3 is 2.81 bits per heavy atom. The Labute approximate surface area is 192 Å². The average Bonchev–Trinajstić information content (AvgIpc) is 3.20. The molecule has 1 unspecified atom stereocenters. The maximum absolute atomic E-state index is 11.0. The maximum Gasteiger partial charge on any atom is 0.257 e. The van der Waals surface area contributed by atoms with Crippen LogP contribution in [0.25, 0.3) is 22.8 Å². The second kappa shape index (κ2) is 7.87. The SMILES string of the molecule is CC(=Cc1cccc(N(C)c2nc3nncn3c3cc(Cl)ccc23)c1)C(C)(O)C1CCC1. The van der Waals surface area contributed by atoms with E-state index in [1.807, 2.05) is 60.5 Å². The summed E-state index contributed by atoms with van der Waals surface area (Å²) in [4.78, 5) is 6.80. The van der Waals surface area contributed by atoms with E-state index >= 15 is 0 Å². The van der Waals surface area contributed by atoms with E-state index in [1.54, 1.807) is 6.33 Å². The normalized spacial score (nSPS) is 16.8. The molecule has 1 aliphatic rings. The number of aromatic nitrogens is 4. The number of nitrogens with zero attached hydrogens (tertiary/aromatic N) is 5. The van der Waals surface area contributed by atoms with Gasteiger partial charge in [0, 0.05) is 23.1 Å². The quantitative estimate of drug-likeness (QED) is 0.428. The van der Waals surface area contributed by atoms with E-state index in [2.05, 4.69) is 28.4 Å². The van der Waals surface area contributed by atoms with Gasteiger partial charge in [0.05, 0.1) is 11.1 Å². The van der Waals surface area contributed by atoms with Crippen LogP contribution in [0.1, 0.15) is 38.7 Å². The largest absolute Gasteiger partial charge is 0.386 e. The predicted molar refractivity (Wildman–Crippen MR) is 129 cm³/mol. The molecular weight excluding hydrogens is 422 g/mol. The molecular formula is C25H26ClN5O. The van der Waals surface area contributed by atoms with Crippen molar-refractivity contribution >= 4 is 45.9 Å². The van der Waals surface area contributed by atoms with Gasteiger partial charge in [0.15, 0.2) is 0 Å². The molecule has 1 fully saturated rings. The molecule has 6 nitrogen and oxygen atoms in total. The van der Waals surface area contributed by atoms with Gasteiger partial charge in [-0.1, -0.05) is 36.2 Å². The Morgan fingerprint density at radius 1 is 1.25 bits per heavy atom. The summed E-state index contributed by atoms with van der Waals surface area (Å²) in [5.41, 5.74) is 3.16. The highest BCUT2D eigenvalue weighted by atomic mass is 35.5. The van der Waals surface area contributed by atoms with E-state index in [0.717, 1.165) is 46.4 Å². The molecule has 1 saturated carbocycles. The second-order valence-corrected chi connectivity index (χ2v) is 9.29. The number of benzene rings is 2. The van der Waals surface area contributed by atoms with Crippen LogP contribution in [-0.2, 0) is 0 Å². The summed E-state index contributed by atoms with van der Waals surface area (Å²) in [6.07, 6.45) is 7.12. The Balaban J connectivity index is 1.55. The zero-order valence-corrected chi connectivity index (χ0v) is 19.2. The number of aliphatic hydroxyl groups is 1. The van der Waals surface area contributed by atoms with Gasteiger partial charge in [-0.15, -0.1) is 10.2 Å². The molecule has 32 heavy (non-hydrogen) atoms. The Kier molecular flexibility index (Phi) is 5.14. The number of anilines is 2. The van der Waals surface area contributed by atoms with Gasteiger partial charge in [-0.05, 0) is 74.1 Å². The molecule has 164 valence electrons. The van der Waals surface area contributed by atoms with Crippen molar-refractivity contribution in [1.29, 1.82) is 0 Å². The third-order valence-corrected chi connectivity index (χ3v) is 7.09. The molecule has 0 saturated heterocycles. The summed E-state index contributed by atoms with van der Waals surface area (Å²) in [7, 11) is 1.99. The van der Waals surface area contributed by atoms with Crippen LogP contribution in [0.3, 0.4) is 0 Å². The van der Waals surface area contributed by atoms with Crippen molar-refractivity contribution in [3.8, 4) is 0 Å². The van der Waals surface area contributed by atoms with E-state index in [-0.39, 0.29) is 0 Å². The van der Waals surface area contributed by atoms with Crippen LogP contribution in [0.5, 0.6) is 0 Å². The van der Waals surface area contributed by atoms with Crippen molar-refractivity contribution in [2.45, 2.75) is 38.7 Å². The zero-order chi connectivity index (χ0) is 22.5. The molecule has 4 aromatic rings. The molecule has 0 radical (unpaired) electrons. The molecule has 7 heteroatoms. The Bertz CT molecular complexity index is 1340. The third-order valence-electron chi connectivity index (χ3n) is 6.85. The van der Waals surface area contributed by atoms with Crippen LogP contribution < -0.4 is 4.90 Å². The van der Waals surface area contributed by atoms with Crippen molar-refractivity contribution in [2.24, 2.45) is 5.92 Å². The molecule has 2 aromatic heterocycles. The molecule has 0 spiro atoms. The van der Waals surface area contributed by atoms with Gasteiger partial charge < -0.3 is 10.0 Å². The number of fused-ring (bicyclic) bond motifs is 3. The first-order chi connectivity index (χ1) is 15.3. The first-order valence-corrected chi connectivity index (χ1v) is 11.3. The zero-order valence-electron chi connectivity index (χ0n) is 18.5. The van der Waals surface area contributed by atoms with Gasteiger partial charge in [-0.3, -0.25) is 4.40 Å². The molecule has 1 aliphatic carbocycles. The van der Waals surface area contributed by atoms with Gasteiger partial charge in [0.25, 0.3) is 5.78 Å². The smallest absolute Gasteiger partial charge is 0.257 e. The molecule has 1 atom stereocenters. The summed E-state index contributed by atoms with van der Waals surface area (Å²) in [5, 5.41) is 20.8.